The number of aromatic nitrogens is 3. The number of carbonyl (C=O) groups excluding carboxylic acids is 2. The second-order valence-corrected chi connectivity index (χ2v) is 10.1. The van der Waals surface area contributed by atoms with Crippen molar-refractivity contribution in [2.75, 3.05) is 73.6 Å². The zero-order valence-corrected chi connectivity index (χ0v) is 24.5. The van der Waals surface area contributed by atoms with Crippen molar-refractivity contribution in [1.29, 1.82) is 0 Å². The van der Waals surface area contributed by atoms with Gasteiger partial charge in [-0.05, 0) is 44.3 Å². The smallest absolute Gasteiger partial charge is 0.247 e. The van der Waals surface area contributed by atoms with Gasteiger partial charge in [-0.2, -0.15) is 9.97 Å². The Morgan fingerprint density at radius 2 is 1.93 bits per heavy atom. The van der Waals surface area contributed by atoms with Crippen LogP contribution in [0.1, 0.15) is 12.5 Å². The minimum absolute atomic E-state index is 0.0381. The number of ether oxygens (including phenoxy) is 1. The van der Waals surface area contributed by atoms with Crippen LogP contribution in [0.5, 0.6) is 5.88 Å². The Morgan fingerprint density at radius 1 is 1.15 bits per heavy atom. The molecule has 0 bridgehead atoms. The maximum Gasteiger partial charge on any atom is 0.247 e. The fourth-order valence-electron chi connectivity index (χ4n) is 4.39. The molecule has 0 fully saturated rings. The van der Waals surface area contributed by atoms with Gasteiger partial charge in [-0.25, -0.2) is 4.98 Å². The Morgan fingerprint density at radius 3 is 2.61 bits per heavy atom. The molecule has 1 aliphatic rings. The normalized spacial score (nSPS) is 12.1. The highest BCUT2D eigenvalue weighted by Crippen LogP contribution is 2.39. The van der Waals surface area contributed by atoms with Crippen LogP contribution >= 0.6 is 11.6 Å². The number of hydrogen-bond donors (Lipinski definition) is 3. The number of fused-ring (bicyclic) bond motifs is 1. The summed E-state index contributed by atoms with van der Waals surface area (Å²) in [5, 5.41) is 9.50. The molecule has 0 saturated heterocycles. The van der Waals surface area contributed by atoms with Crippen molar-refractivity contribution in [3.63, 3.8) is 0 Å². The van der Waals surface area contributed by atoms with E-state index in [1.807, 2.05) is 44.2 Å². The summed E-state index contributed by atoms with van der Waals surface area (Å²) in [7, 11) is 7.35. The molecule has 0 atom stereocenters. The number of anilines is 7. The molecule has 2 amide bonds. The molecule has 0 radical (unpaired) electrons. The predicted molar refractivity (Wildman–Crippen MR) is 163 cm³/mol. The lowest BCUT2D eigenvalue weighted by molar-refractivity contribution is -0.116. The Bertz CT molecular complexity index is 1460. The van der Waals surface area contributed by atoms with Crippen LogP contribution in [0.15, 0.2) is 43.1 Å². The Hall–Kier alpha value is -4.42. The second kappa shape index (κ2) is 12.8. The van der Waals surface area contributed by atoms with Gasteiger partial charge in [0.05, 0.1) is 30.4 Å². The zero-order chi connectivity index (χ0) is 29.7. The maximum atomic E-state index is 12.2. The summed E-state index contributed by atoms with van der Waals surface area (Å²) in [6.07, 6.45) is 3.43. The molecular weight excluding hydrogens is 546 g/mol. The van der Waals surface area contributed by atoms with E-state index in [2.05, 4.69) is 42.4 Å². The molecule has 3 aromatic rings. The lowest BCUT2D eigenvalue weighted by atomic mass is 10.1. The summed E-state index contributed by atoms with van der Waals surface area (Å²) in [5.74, 6) is 0.942. The molecule has 3 heterocycles. The van der Waals surface area contributed by atoms with Gasteiger partial charge in [-0.1, -0.05) is 30.3 Å². The standard InChI is InChI=1S/C28H34ClN9O3/c1-7-23(40)31-21-15-22(27(41-6)35-26(21)37(5)14-13-36(3)4)33-28-30-16-19(29)25(34-28)32-20-10-8-9-18-11-12-38(17(2)39)24(18)20/h7-10,15-16H,1,11-14H2,2-6H3,(H,31,40)(H2,30,32,33,34). The number of halogens is 1. The van der Waals surface area contributed by atoms with Crippen molar-refractivity contribution in [3.05, 3.63) is 53.7 Å². The highest BCUT2D eigenvalue weighted by molar-refractivity contribution is 6.33. The Kier molecular flexibility index (Phi) is 9.25. The zero-order valence-electron chi connectivity index (χ0n) is 23.8. The van der Waals surface area contributed by atoms with E-state index in [0.29, 0.717) is 46.8 Å². The molecule has 1 aliphatic heterocycles. The number of hydrogen-bond acceptors (Lipinski definition) is 10. The summed E-state index contributed by atoms with van der Waals surface area (Å²) in [6.45, 7) is 7.15. The van der Waals surface area contributed by atoms with Crippen molar-refractivity contribution in [2.24, 2.45) is 0 Å². The monoisotopic (exact) mass is 579 g/mol. The summed E-state index contributed by atoms with van der Waals surface area (Å²) in [6, 6.07) is 7.50. The second-order valence-electron chi connectivity index (χ2n) is 9.71. The molecule has 1 aromatic carbocycles. The molecule has 0 saturated carbocycles. The highest BCUT2D eigenvalue weighted by Gasteiger charge is 2.26. The summed E-state index contributed by atoms with van der Waals surface area (Å²) >= 11 is 6.46. The molecule has 216 valence electrons. The van der Waals surface area contributed by atoms with E-state index in [4.69, 9.17) is 16.3 Å². The molecule has 41 heavy (non-hydrogen) atoms. The summed E-state index contributed by atoms with van der Waals surface area (Å²) in [4.78, 5) is 43.7. The first kappa shape index (κ1) is 29.6. The van der Waals surface area contributed by atoms with Crippen LogP contribution in [-0.4, -0.2) is 79.6 Å². The predicted octanol–water partition coefficient (Wildman–Crippen LogP) is 4.05. The molecule has 0 unspecified atom stereocenters. The molecule has 4 rings (SSSR count). The molecule has 0 aliphatic carbocycles. The van der Waals surface area contributed by atoms with Crippen LogP contribution in [0.4, 0.5) is 40.3 Å². The number of carbonyl (C=O) groups is 2. The van der Waals surface area contributed by atoms with E-state index >= 15 is 0 Å². The number of para-hydroxylation sites is 1. The lowest BCUT2D eigenvalue weighted by Crippen LogP contribution is -2.30. The van der Waals surface area contributed by atoms with E-state index < -0.39 is 0 Å². The van der Waals surface area contributed by atoms with Crippen LogP contribution in [0.2, 0.25) is 5.02 Å². The van der Waals surface area contributed by atoms with Crippen molar-refractivity contribution in [2.45, 2.75) is 13.3 Å². The summed E-state index contributed by atoms with van der Waals surface area (Å²) in [5.41, 5.74) is 3.46. The van der Waals surface area contributed by atoms with E-state index in [1.165, 1.54) is 19.4 Å². The lowest BCUT2D eigenvalue weighted by Gasteiger charge is -2.24. The van der Waals surface area contributed by atoms with Crippen molar-refractivity contribution in [3.8, 4) is 5.88 Å². The van der Waals surface area contributed by atoms with Crippen molar-refractivity contribution >= 4 is 63.7 Å². The largest absolute Gasteiger partial charge is 0.479 e. The minimum Gasteiger partial charge on any atom is -0.479 e. The molecule has 12 nitrogen and oxygen atoms in total. The van der Waals surface area contributed by atoms with Gasteiger partial charge in [0.2, 0.25) is 23.6 Å². The van der Waals surface area contributed by atoms with Crippen LogP contribution in [0.25, 0.3) is 0 Å². The Labute approximate surface area is 244 Å². The maximum absolute atomic E-state index is 12.2. The van der Waals surface area contributed by atoms with Gasteiger partial charge in [-0.3, -0.25) is 9.59 Å². The highest BCUT2D eigenvalue weighted by atomic mass is 35.5. The average Bonchev–Trinajstić information content (AvgIpc) is 3.39. The first-order chi connectivity index (χ1) is 19.6. The van der Waals surface area contributed by atoms with Crippen LogP contribution < -0.4 is 30.5 Å². The number of rotatable bonds is 11. The Balaban J connectivity index is 1.67. The molecule has 0 spiro atoms. The van der Waals surface area contributed by atoms with E-state index in [0.717, 1.165) is 24.2 Å². The third kappa shape index (κ3) is 6.84. The number of nitrogens with zero attached hydrogens (tertiary/aromatic N) is 6. The SMILES string of the molecule is C=CC(=O)Nc1cc(Nc2ncc(Cl)c(Nc3cccc4c3N(C(C)=O)CC4)n2)c(OC)nc1N(C)CCN(C)C. The van der Waals surface area contributed by atoms with Gasteiger partial charge >= 0.3 is 0 Å². The van der Waals surface area contributed by atoms with Crippen molar-refractivity contribution in [1.82, 2.24) is 19.9 Å². The van der Waals surface area contributed by atoms with E-state index in [-0.39, 0.29) is 23.6 Å². The number of amides is 2. The minimum atomic E-state index is -0.380. The third-order valence-corrected chi connectivity index (χ3v) is 6.74. The van der Waals surface area contributed by atoms with Crippen LogP contribution in [0.3, 0.4) is 0 Å². The van der Waals surface area contributed by atoms with Gasteiger partial charge in [0.1, 0.15) is 10.7 Å². The summed E-state index contributed by atoms with van der Waals surface area (Å²) < 4.78 is 5.58. The van der Waals surface area contributed by atoms with Crippen LogP contribution in [0, 0.1) is 0 Å². The molecule has 13 heteroatoms. The van der Waals surface area contributed by atoms with Gasteiger partial charge in [-0.15, -0.1) is 0 Å². The van der Waals surface area contributed by atoms with Gasteiger partial charge in [0.25, 0.3) is 0 Å². The van der Waals surface area contributed by atoms with E-state index in [9.17, 15) is 9.59 Å². The van der Waals surface area contributed by atoms with Crippen LogP contribution in [-0.2, 0) is 16.0 Å². The first-order valence-electron chi connectivity index (χ1n) is 13.0. The number of likely N-dealkylation sites (N-methyl/N-ethyl adjacent to an activating group) is 2. The molecule has 2 aromatic heterocycles. The fourth-order valence-corrected chi connectivity index (χ4v) is 4.53. The quantitative estimate of drug-likeness (QED) is 0.286. The topological polar surface area (TPSA) is 128 Å². The number of pyridine rings is 1. The average molecular weight is 580 g/mol. The molecular formula is C28H34ClN9O3. The number of methoxy groups -OCH3 is 1. The van der Waals surface area contributed by atoms with Crippen molar-refractivity contribution < 1.29 is 14.3 Å². The van der Waals surface area contributed by atoms with Gasteiger partial charge in [0.15, 0.2) is 11.6 Å². The molecule has 3 N–H and O–H groups in total. The number of nitrogens with one attached hydrogen (secondary N) is 3. The van der Waals surface area contributed by atoms with Gasteiger partial charge < -0.3 is 35.4 Å². The third-order valence-electron chi connectivity index (χ3n) is 6.47. The number of benzene rings is 1. The van der Waals surface area contributed by atoms with Gasteiger partial charge in [0, 0.05) is 33.6 Å². The van der Waals surface area contributed by atoms with E-state index in [1.54, 1.807) is 17.9 Å². The first-order valence-corrected chi connectivity index (χ1v) is 13.3. The fraction of sp³-hybridized carbons (Fsp3) is 0.321.